The van der Waals surface area contributed by atoms with Crippen LogP contribution in [0.4, 0.5) is 5.69 Å². The Morgan fingerprint density at radius 2 is 1.91 bits per heavy atom. The van der Waals surface area contributed by atoms with Gasteiger partial charge < -0.3 is 9.84 Å². The van der Waals surface area contributed by atoms with E-state index < -0.39 is 28.4 Å². The number of thioether (sulfide) groups is 1. The van der Waals surface area contributed by atoms with Crippen molar-refractivity contribution in [2.45, 2.75) is 6.42 Å². The number of hydrogen-bond donors (Lipinski definition) is 2. The van der Waals surface area contributed by atoms with Crippen LogP contribution in [-0.4, -0.2) is 43.7 Å². The van der Waals surface area contributed by atoms with Crippen molar-refractivity contribution < 1.29 is 29.2 Å². The highest BCUT2D eigenvalue weighted by atomic mass is 32.2. The number of thiocarbonyl (C=S) groups is 1. The maximum atomic E-state index is 12.8. The number of para-hydroxylation sites is 2. The van der Waals surface area contributed by atoms with Gasteiger partial charge >= 0.3 is 5.97 Å². The van der Waals surface area contributed by atoms with Crippen LogP contribution < -0.4 is 10.2 Å². The average Bonchev–Trinajstić information content (AvgIpc) is 3.02. The monoisotopic (exact) mass is 473 g/mol. The molecule has 1 aliphatic heterocycles. The summed E-state index contributed by atoms with van der Waals surface area (Å²) in [6.45, 7) is -0.0486. The van der Waals surface area contributed by atoms with Crippen LogP contribution in [0, 0.1) is 10.1 Å². The highest BCUT2D eigenvalue weighted by molar-refractivity contribution is 8.26. The predicted octanol–water partition coefficient (Wildman–Crippen LogP) is 2.99. The molecule has 2 amide bonds. The van der Waals surface area contributed by atoms with E-state index in [1.807, 2.05) is 0 Å². The van der Waals surface area contributed by atoms with Crippen molar-refractivity contribution in [2.75, 3.05) is 6.61 Å². The van der Waals surface area contributed by atoms with E-state index in [2.05, 4.69) is 5.43 Å². The van der Waals surface area contributed by atoms with Gasteiger partial charge in [0.05, 0.1) is 22.9 Å². The van der Waals surface area contributed by atoms with E-state index in [9.17, 15) is 24.5 Å². The number of amides is 2. The SMILES string of the molecule is O=C(O)CCOc1ccccc1/C=C1/SC(=S)N(NC(=O)c2ccccc2[N+](=O)[O-])C1=O. The molecule has 1 fully saturated rings. The van der Waals surface area contributed by atoms with Crippen molar-refractivity contribution >= 4 is 57.8 Å². The molecule has 32 heavy (non-hydrogen) atoms. The number of hydrogen-bond acceptors (Lipinski definition) is 8. The molecule has 1 heterocycles. The van der Waals surface area contributed by atoms with Crippen molar-refractivity contribution in [1.29, 1.82) is 0 Å². The minimum atomic E-state index is -1.00. The number of nitrogens with zero attached hydrogens (tertiary/aromatic N) is 2. The fraction of sp³-hybridized carbons (Fsp3) is 0.100. The highest BCUT2D eigenvalue weighted by Crippen LogP contribution is 2.33. The molecule has 0 saturated carbocycles. The van der Waals surface area contributed by atoms with Gasteiger partial charge in [-0.1, -0.05) is 42.1 Å². The first-order valence-corrected chi connectivity index (χ1v) is 10.3. The molecule has 10 nitrogen and oxygen atoms in total. The second-order valence-corrected chi connectivity index (χ2v) is 7.94. The summed E-state index contributed by atoms with van der Waals surface area (Å²) in [6, 6.07) is 12.1. The molecule has 0 unspecified atom stereocenters. The molecule has 0 spiro atoms. The molecule has 164 valence electrons. The zero-order chi connectivity index (χ0) is 23.3. The number of ether oxygens (including phenoxy) is 1. The van der Waals surface area contributed by atoms with Gasteiger partial charge in [0, 0.05) is 11.6 Å². The summed E-state index contributed by atoms with van der Waals surface area (Å²) in [7, 11) is 0. The Hall–Kier alpha value is -3.77. The number of rotatable bonds is 8. The predicted molar refractivity (Wildman–Crippen MR) is 120 cm³/mol. The summed E-state index contributed by atoms with van der Waals surface area (Å²) in [5, 5.41) is 20.8. The lowest BCUT2D eigenvalue weighted by molar-refractivity contribution is -0.385. The summed E-state index contributed by atoms with van der Waals surface area (Å²) >= 11 is 6.11. The molecule has 1 saturated heterocycles. The van der Waals surface area contributed by atoms with E-state index >= 15 is 0 Å². The number of carboxylic acid groups (broad SMARTS) is 1. The van der Waals surface area contributed by atoms with Crippen LogP contribution in [0.5, 0.6) is 5.75 Å². The van der Waals surface area contributed by atoms with E-state index in [1.165, 1.54) is 30.3 Å². The van der Waals surface area contributed by atoms with Gasteiger partial charge in [-0.15, -0.1) is 0 Å². The topological polar surface area (TPSA) is 139 Å². The van der Waals surface area contributed by atoms with Crippen molar-refractivity contribution in [3.63, 3.8) is 0 Å². The molecule has 2 aromatic carbocycles. The number of carbonyl (C=O) groups excluding carboxylic acids is 2. The Morgan fingerprint density at radius 1 is 1.22 bits per heavy atom. The lowest BCUT2D eigenvalue weighted by atomic mass is 10.1. The largest absolute Gasteiger partial charge is 0.492 e. The second-order valence-electron chi connectivity index (χ2n) is 6.26. The zero-order valence-electron chi connectivity index (χ0n) is 16.2. The van der Waals surface area contributed by atoms with Crippen molar-refractivity contribution in [3.8, 4) is 5.75 Å². The third kappa shape index (κ3) is 5.28. The van der Waals surface area contributed by atoms with E-state index in [1.54, 1.807) is 24.3 Å². The molecule has 0 atom stereocenters. The first-order valence-electron chi connectivity index (χ1n) is 9.04. The van der Waals surface area contributed by atoms with Crippen molar-refractivity contribution in [3.05, 3.63) is 74.7 Å². The van der Waals surface area contributed by atoms with Crippen LogP contribution in [0.3, 0.4) is 0 Å². The first kappa shape index (κ1) is 22.9. The van der Waals surface area contributed by atoms with Gasteiger partial charge in [-0.05, 0) is 30.4 Å². The number of hydrazine groups is 1. The maximum Gasteiger partial charge on any atom is 0.306 e. The fourth-order valence-electron chi connectivity index (χ4n) is 2.67. The molecular formula is C20H15N3O7S2. The summed E-state index contributed by atoms with van der Waals surface area (Å²) in [5.74, 6) is -2.10. The number of aliphatic carboxylic acids is 1. The quantitative estimate of drug-likeness (QED) is 0.256. The number of nitro groups is 1. The van der Waals surface area contributed by atoms with Crippen LogP contribution in [0.15, 0.2) is 53.4 Å². The van der Waals surface area contributed by atoms with Gasteiger partial charge in [-0.2, -0.15) is 5.01 Å². The molecule has 3 rings (SSSR count). The lowest BCUT2D eigenvalue weighted by Gasteiger charge is -2.15. The average molecular weight is 473 g/mol. The fourth-order valence-corrected chi connectivity index (χ4v) is 3.84. The van der Waals surface area contributed by atoms with E-state index in [4.69, 9.17) is 22.1 Å². The highest BCUT2D eigenvalue weighted by Gasteiger charge is 2.35. The molecule has 0 aromatic heterocycles. The maximum absolute atomic E-state index is 12.8. The number of nitrogens with one attached hydrogen (secondary N) is 1. The van der Waals surface area contributed by atoms with Crippen LogP contribution in [0.2, 0.25) is 0 Å². The number of carbonyl (C=O) groups is 3. The molecule has 1 aliphatic rings. The third-order valence-electron chi connectivity index (χ3n) is 4.13. The van der Waals surface area contributed by atoms with Gasteiger partial charge in [0.15, 0.2) is 4.32 Å². The molecule has 2 aromatic rings. The Bertz CT molecular complexity index is 1150. The van der Waals surface area contributed by atoms with Gasteiger partial charge in [-0.3, -0.25) is 29.9 Å². The van der Waals surface area contributed by atoms with E-state index in [0.29, 0.717) is 11.3 Å². The van der Waals surface area contributed by atoms with E-state index in [-0.39, 0.29) is 27.8 Å². The first-order chi connectivity index (χ1) is 15.3. The molecule has 0 bridgehead atoms. The number of carboxylic acids is 1. The van der Waals surface area contributed by atoms with E-state index in [0.717, 1.165) is 16.8 Å². The second kappa shape index (κ2) is 10.0. The summed E-state index contributed by atoms with van der Waals surface area (Å²) in [6.07, 6.45) is 1.32. The minimum absolute atomic E-state index is 0.0393. The Balaban J connectivity index is 1.78. The van der Waals surface area contributed by atoms with Gasteiger partial charge in [0.1, 0.15) is 11.3 Å². The minimum Gasteiger partial charge on any atom is -0.492 e. The smallest absolute Gasteiger partial charge is 0.306 e. The van der Waals surface area contributed by atoms with Crippen LogP contribution in [0.1, 0.15) is 22.3 Å². The summed E-state index contributed by atoms with van der Waals surface area (Å²) < 4.78 is 5.52. The third-order valence-corrected chi connectivity index (χ3v) is 5.43. The van der Waals surface area contributed by atoms with Gasteiger partial charge in [-0.25, -0.2) is 0 Å². The van der Waals surface area contributed by atoms with Gasteiger partial charge in [0.25, 0.3) is 17.5 Å². The van der Waals surface area contributed by atoms with Crippen LogP contribution >= 0.6 is 24.0 Å². The standard InChI is InChI=1S/C20H15N3O7S2/c24-17(25)9-10-30-15-8-4-1-5-12(15)11-16-19(27)22(20(31)32-16)21-18(26)13-6-2-3-7-14(13)23(28)29/h1-8,11H,9-10H2,(H,21,26)(H,24,25)/b16-11+. The molecule has 2 N–H and O–H groups in total. The summed E-state index contributed by atoms with van der Waals surface area (Å²) in [4.78, 5) is 46.7. The molecular weight excluding hydrogens is 458 g/mol. The molecule has 0 radical (unpaired) electrons. The Labute approximate surface area is 191 Å². The zero-order valence-corrected chi connectivity index (χ0v) is 17.9. The van der Waals surface area contributed by atoms with Crippen molar-refractivity contribution in [1.82, 2.24) is 10.4 Å². The van der Waals surface area contributed by atoms with Crippen LogP contribution in [0.25, 0.3) is 6.08 Å². The lowest BCUT2D eigenvalue weighted by Crippen LogP contribution is -2.45. The molecule has 0 aliphatic carbocycles. The number of nitro benzene ring substituents is 1. The van der Waals surface area contributed by atoms with Crippen LogP contribution in [-0.2, 0) is 9.59 Å². The van der Waals surface area contributed by atoms with Gasteiger partial charge in [0.2, 0.25) is 0 Å². The Kier molecular flexibility index (Phi) is 7.18. The van der Waals surface area contributed by atoms with Crippen molar-refractivity contribution in [2.24, 2.45) is 0 Å². The summed E-state index contributed by atoms with van der Waals surface area (Å²) in [5.41, 5.74) is 2.21. The normalized spacial score (nSPS) is 14.5. The Morgan fingerprint density at radius 3 is 2.62 bits per heavy atom. The molecule has 12 heteroatoms. The number of benzene rings is 2.